The number of nitrogens with one attached hydrogen (secondary N) is 1. The van der Waals surface area contributed by atoms with Crippen molar-refractivity contribution in [3.8, 4) is 0 Å². The summed E-state index contributed by atoms with van der Waals surface area (Å²) in [6.45, 7) is 5.20. The summed E-state index contributed by atoms with van der Waals surface area (Å²) in [5, 5.41) is 2.94. The number of hydrogen-bond acceptors (Lipinski definition) is 1. The van der Waals surface area contributed by atoms with Gasteiger partial charge in [-0.1, -0.05) is 26.0 Å². The van der Waals surface area contributed by atoms with E-state index in [2.05, 4.69) is 37.4 Å². The van der Waals surface area contributed by atoms with Gasteiger partial charge in [-0.25, -0.2) is 0 Å². The zero-order valence-corrected chi connectivity index (χ0v) is 10.0. The number of carbonyl (C=O) groups is 1. The van der Waals surface area contributed by atoms with E-state index in [1.54, 1.807) is 0 Å². The second-order valence-corrected chi connectivity index (χ2v) is 4.95. The van der Waals surface area contributed by atoms with Gasteiger partial charge < -0.3 is 5.32 Å². The van der Waals surface area contributed by atoms with Crippen molar-refractivity contribution in [3.05, 3.63) is 34.9 Å². The van der Waals surface area contributed by atoms with Crippen LogP contribution in [0, 0.1) is 5.92 Å². The molecule has 0 atom stereocenters. The van der Waals surface area contributed by atoms with Gasteiger partial charge in [-0.2, -0.15) is 0 Å². The van der Waals surface area contributed by atoms with E-state index in [-0.39, 0.29) is 5.91 Å². The lowest BCUT2D eigenvalue weighted by molar-refractivity contribution is 0.0956. The highest BCUT2D eigenvalue weighted by molar-refractivity contribution is 5.96. The molecule has 1 aliphatic heterocycles. The highest BCUT2D eigenvalue weighted by Crippen LogP contribution is 2.18. The van der Waals surface area contributed by atoms with Gasteiger partial charge in [-0.3, -0.25) is 4.79 Å². The van der Waals surface area contributed by atoms with E-state index in [0.29, 0.717) is 5.92 Å². The van der Waals surface area contributed by atoms with Crippen molar-refractivity contribution in [3.63, 3.8) is 0 Å². The number of aryl methyl sites for hydroxylation is 1. The molecule has 2 rings (SSSR count). The van der Waals surface area contributed by atoms with E-state index in [4.69, 9.17) is 0 Å². The highest BCUT2D eigenvalue weighted by Gasteiger charge is 2.15. The summed E-state index contributed by atoms with van der Waals surface area (Å²) in [6.07, 6.45) is 3.10. The molecule has 2 nitrogen and oxygen atoms in total. The first-order valence-electron chi connectivity index (χ1n) is 6.07. The Hall–Kier alpha value is -1.31. The van der Waals surface area contributed by atoms with E-state index in [1.165, 1.54) is 11.1 Å². The van der Waals surface area contributed by atoms with Crippen LogP contribution in [0.4, 0.5) is 0 Å². The van der Waals surface area contributed by atoms with Crippen LogP contribution >= 0.6 is 0 Å². The largest absolute Gasteiger partial charge is 0.352 e. The van der Waals surface area contributed by atoms with Crippen LogP contribution in [0.25, 0.3) is 0 Å². The van der Waals surface area contributed by atoms with Gasteiger partial charge in [-0.05, 0) is 42.4 Å². The van der Waals surface area contributed by atoms with Crippen LogP contribution in [0.1, 0.15) is 41.8 Å². The molecule has 1 amide bonds. The molecule has 0 unspecified atom stereocenters. The summed E-state index contributed by atoms with van der Waals surface area (Å²) < 4.78 is 0. The highest BCUT2D eigenvalue weighted by atomic mass is 16.1. The van der Waals surface area contributed by atoms with Gasteiger partial charge in [0.05, 0.1) is 0 Å². The minimum absolute atomic E-state index is 0.0955. The molecule has 0 saturated carbocycles. The molecule has 1 aromatic rings. The van der Waals surface area contributed by atoms with E-state index < -0.39 is 0 Å². The molecule has 0 saturated heterocycles. The summed E-state index contributed by atoms with van der Waals surface area (Å²) in [6, 6.07) is 6.35. The van der Waals surface area contributed by atoms with Gasteiger partial charge in [0.2, 0.25) is 0 Å². The monoisotopic (exact) mass is 217 g/mol. The van der Waals surface area contributed by atoms with Gasteiger partial charge in [0.15, 0.2) is 0 Å². The smallest absolute Gasteiger partial charge is 0.251 e. The Morgan fingerprint density at radius 2 is 2.19 bits per heavy atom. The van der Waals surface area contributed by atoms with E-state index in [0.717, 1.165) is 31.4 Å². The fraction of sp³-hybridized carbons (Fsp3) is 0.500. The summed E-state index contributed by atoms with van der Waals surface area (Å²) in [5.41, 5.74) is 3.35. The standard InChI is InChI=1S/C14H19NO/c1-10(2)8-11-5-6-12-4-3-7-15-14(16)13(12)9-11/h5-6,9-10H,3-4,7-8H2,1-2H3,(H,15,16). The molecular formula is C14H19NO. The Balaban J connectivity index is 2.31. The Morgan fingerprint density at radius 1 is 1.38 bits per heavy atom. The number of hydrogen-bond donors (Lipinski definition) is 1. The number of benzene rings is 1. The van der Waals surface area contributed by atoms with E-state index in [9.17, 15) is 4.79 Å². The second-order valence-electron chi connectivity index (χ2n) is 4.95. The first-order chi connectivity index (χ1) is 7.66. The van der Waals surface area contributed by atoms with Crippen molar-refractivity contribution in [1.29, 1.82) is 0 Å². The van der Waals surface area contributed by atoms with Gasteiger partial charge in [0.1, 0.15) is 0 Å². The van der Waals surface area contributed by atoms with Crippen molar-refractivity contribution in [1.82, 2.24) is 5.32 Å². The number of carbonyl (C=O) groups excluding carboxylic acids is 1. The lowest BCUT2D eigenvalue weighted by atomic mass is 9.96. The fourth-order valence-corrected chi connectivity index (χ4v) is 2.23. The Kier molecular flexibility index (Phi) is 3.28. The van der Waals surface area contributed by atoms with Crippen molar-refractivity contribution in [2.75, 3.05) is 6.54 Å². The molecule has 0 bridgehead atoms. The molecule has 16 heavy (non-hydrogen) atoms. The number of rotatable bonds is 2. The van der Waals surface area contributed by atoms with Crippen molar-refractivity contribution < 1.29 is 4.79 Å². The Morgan fingerprint density at radius 3 is 2.94 bits per heavy atom. The normalized spacial score (nSPS) is 15.6. The minimum atomic E-state index is 0.0955. The third kappa shape index (κ3) is 2.43. The molecule has 0 radical (unpaired) electrons. The maximum atomic E-state index is 11.8. The number of fused-ring (bicyclic) bond motifs is 1. The van der Waals surface area contributed by atoms with Crippen LogP contribution in [-0.4, -0.2) is 12.5 Å². The van der Waals surface area contributed by atoms with Crippen LogP contribution < -0.4 is 5.32 Å². The van der Waals surface area contributed by atoms with Crippen LogP contribution in [-0.2, 0) is 12.8 Å². The van der Waals surface area contributed by atoms with Crippen LogP contribution in [0.5, 0.6) is 0 Å². The lowest BCUT2D eigenvalue weighted by Crippen LogP contribution is -2.22. The average Bonchev–Trinajstić information content (AvgIpc) is 2.41. The first-order valence-corrected chi connectivity index (χ1v) is 6.07. The molecular weight excluding hydrogens is 198 g/mol. The molecule has 1 aromatic carbocycles. The molecule has 1 N–H and O–H groups in total. The third-order valence-electron chi connectivity index (χ3n) is 2.97. The Bertz CT molecular complexity index is 396. The topological polar surface area (TPSA) is 29.1 Å². The molecule has 0 spiro atoms. The maximum absolute atomic E-state index is 11.8. The van der Waals surface area contributed by atoms with Crippen molar-refractivity contribution in [2.24, 2.45) is 5.92 Å². The molecule has 2 heteroatoms. The fourth-order valence-electron chi connectivity index (χ4n) is 2.23. The summed E-state index contributed by atoms with van der Waals surface area (Å²) in [7, 11) is 0. The quantitative estimate of drug-likeness (QED) is 0.810. The van der Waals surface area contributed by atoms with Crippen LogP contribution in [0.2, 0.25) is 0 Å². The zero-order chi connectivity index (χ0) is 11.5. The zero-order valence-electron chi connectivity index (χ0n) is 10.0. The van der Waals surface area contributed by atoms with Crippen LogP contribution in [0.15, 0.2) is 18.2 Å². The first kappa shape index (κ1) is 11.2. The molecule has 0 aromatic heterocycles. The van der Waals surface area contributed by atoms with Crippen molar-refractivity contribution >= 4 is 5.91 Å². The van der Waals surface area contributed by atoms with Crippen LogP contribution in [0.3, 0.4) is 0 Å². The van der Waals surface area contributed by atoms with Crippen molar-refractivity contribution in [2.45, 2.75) is 33.1 Å². The predicted molar refractivity (Wildman–Crippen MR) is 65.6 cm³/mol. The molecule has 0 fully saturated rings. The van der Waals surface area contributed by atoms with Gasteiger partial charge in [-0.15, -0.1) is 0 Å². The third-order valence-corrected chi connectivity index (χ3v) is 2.97. The summed E-state index contributed by atoms with van der Waals surface area (Å²) in [5.74, 6) is 0.727. The molecule has 1 aliphatic rings. The predicted octanol–water partition coefficient (Wildman–Crippen LogP) is 2.56. The summed E-state index contributed by atoms with van der Waals surface area (Å²) >= 11 is 0. The number of amides is 1. The van der Waals surface area contributed by atoms with E-state index in [1.807, 2.05) is 0 Å². The van der Waals surface area contributed by atoms with Gasteiger partial charge in [0, 0.05) is 12.1 Å². The average molecular weight is 217 g/mol. The summed E-state index contributed by atoms with van der Waals surface area (Å²) in [4.78, 5) is 11.8. The Labute approximate surface area is 97.1 Å². The molecule has 1 heterocycles. The maximum Gasteiger partial charge on any atom is 0.251 e. The van der Waals surface area contributed by atoms with E-state index >= 15 is 0 Å². The molecule has 86 valence electrons. The lowest BCUT2D eigenvalue weighted by Gasteiger charge is -2.09. The van der Waals surface area contributed by atoms with Gasteiger partial charge >= 0.3 is 0 Å². The second kappa shape index (κ2) is 4.69. The SMILES string of the molecule is CC(C)Cc1ccc2c(c1)C(=O)NCCC2. The molecule has 0 aliphatic carbocycles. The minimum Gasteiger partial charge on any atom is -0.352 e. The van der Waals surface area contributed by atoms with Gasteiger partial charge in [0.25, 0.3) is 5.91 Å².